The normalized spacial score (nSPS) is 16.9. The predicted molar refractivity (Wildman–Crippen MR) is 164 cm³/mol. The maximum atomic E-state index is 5.77. The Morgan fingerprint density at radius 1 is 0.622 bits per heavy atom. The Morgan fingerprint density at radius 2 is 1.11 bits per heavy atom. The summed E-state index contributed by atoms with van der Waals surface area (Å²) in [5, 5.41) is 1.62. The minimum atomic E-state index is -0.202. The molecule has 0 atom stereocenters. The molecule has 0 bridgehead atoms. The summed E-state index contributed by atoms with van der Waals surface area (Å²) in [7, 11) is 3.26. The summed E-state index contributed by atoms with van der Waals surface area (Å²) in [6.45, 7) is 0. The van der Waals surface area contributed by atoms with Gasteiger partial charge in [-0.2, -0.15) is 0 Å². The van der Waals surface area contributed by atoms with Gasteiger partial charge in [0.25, 0.3) is 0 Å². The zero-order valence-electron chi connectivity index (χ0n) is 22.2. The molecular formula is C32H38BBrO2P. The Hall–Kier alpha value is -1.77. The van der Waals surface area contributed by atoms with Gasteiger partial charge in [-0.3, -0.25) is 0 Å². The Kier molecular flexibility index (Phi) is 10.2. The molecule has 193 valence electrons. The fourth-order valence-electron chi connectivity index (χ4n) is 6.39. The molecule has 0 heterocycles. The molecule has 0 spiro atoms. The molecule has 2 fully saturated rings. The van der Waals surface area contributed by atoms with E-state index in [1.807, 2.05) is 18.2 Å². The Labute approximate surface area is 235 Å². The molecule has 0 saturated heterocycles. The Balaban J connectivity index is 0.00000320. The van der Waals surface area contributed by atoms with Crippen LogP contribution < -0.4 is 14.8 Å². The second-order valence-electron chi connectivity index (χ2n) is 10.2. The fourth-order valence-corrected chi connectivity index (χ4v) is 11.0. The average Bonchev–Trinajstić information content (AvgIpc) is 2.94. The summed E-state index contributed by atoms with van der Waals surface area (Å²) in [6.07, 6.45) is 14.1. The molecule has 2 saturated carbocycles. The Morgan fingerprint density at radius 3 is 1.68 bits per heavy atom. The van der Waals surface area contributed by atoms with Gasteiger partial charge in [-0.25, -0.2) is 0 Å². The van der Waals surface area contributed by atoms with Crippen LogP contribution in [-0.4, -0.2) is 34.0 Å². The van der Waals surface area contributed by atoms with Gasteiger partial charge in [0.1, 0.15) is 11.5 Å². The number of hydrogen-bond acceptors (Lipinski definition) is 2. The van der Waals surface area contributed by atoms with Crippen LogP contribution in [0.25, 0.3) is 22.3 Å². The molecule has 2 aliphatic rings. The summed E-state index contributed by atoms with van der Waals surface area (Å²) in [6, 6.07) is 22.0. The molecule has 3 radical (unpaired) electrons. The van der Waals surface area contributed by atoms with Crippen LogP contribution in [0.5, 0.6) is 11.5 Å². The van der Waals surface area contributed by atoms with Crippen LogP contribution in [0.15, 0.2) is 65.1 Å². The first kappa shape index (κ1) is 28.2. The minimum absolute atomic E-state index is 0. The summed E-state index contributed by atoms with van der Waals surface area (Å²) >= 11 is 4.05. The van der Waals surface area contributed by atoms with Crippen LogP contribution in [0.3, 0.4) is 0 Å². The number of halogens is 1. The lowest BCUT2D eigenvalue weighted by Crippen LogP contribution is -2.27. The third kappa shape index (κ3) is 5.96. The molecule has 0 unspecified atom stereocenters. The zero-order valence-corrected chi connectivity index (χ0v) is 24.7. The largest absolute Gasteiger partial charge is 0.496 e. The van der Waals surface area contributed by atoms with Crippen molar-refractivity contribution in [2.75, 3.05) is 14.2 Å². The first-order valence-corrected chi connectivity index (χ1v) is 15.9. The van der Waals surface area contributed by atoms with E-state index in [2.05, 4.69) is 58.4 Å². The van der Waals surface area contributed by atoms with Gasteiger partial charge >= 0.3 is 0 Å². The maximum Gasteiger partial charge on any atom is 0.130 e. The molecule has 5 rings (SSSR count). The third-order valence-corrected chi connectivity index (χ3v) is 12.5. The SMILES string of the molecule is COc1cccc(OC)c1-c1cccc(-c2ccccc2P(C2CCCCC2)C2CCCCC2)c1Br.[B]. The van der Waals surface area contributed by atoms with Gasteiger partial charge in [0.2, 0.25) is 0 Å². The number of methoxy groups -OCH3 is 2. The number of rotatable bonds is 7. The van der Waals surface area contributed by atoms with E-state index in [9.17, 15) is 0 Å². The third-order valence-electron chi connectivity index (χ3n) is 8.10. The highest BCUT2D eigenvalue weighted by Gasteiger charge is 2.34. The van der Waals surface area contributed by atoms with Crippen molar-refractivity contribution >= 4 is 37.6 Å². The number of hydrogen-bond donors (Lipinski definition) is 0. The molecule has 3 aromatic carbocycles. The van der Waals surface area contributed by atoms with Gasteiger partial charge in [-0.1, -0.05) is 95.0 Å². The van der Waals surface area contributed by atoms with Crippen molar-refractivity contribution in [2.24, 2.45) is 0 Å². The second kappa shape index (κ2) is 13.3. The van der Waals surface area contributed by atoms with Crippen molar-refractivity contribution < 1.29 is 9.47 Å². The van der Waals surface area contributed by atoms with E-state index in [4.69, 9.17) is 9.47 Å². The molecule has 0 amide bonds. The van der Waals surface area contributed by atoms with E-state index in [1.54, 1.807) is 19.5 Å². The van der Waals surface area contributed by atoms with Crippen molar-refractivity contribution in [1.29, 1.82) is 0 Å². The van der Waals surface area contributed by atoms with Crippen LogP contribution in [0, 0.1) is 0 Å². The van der Waals surface area contributed by atoms with Crippen LogP contribution in [0.2, 0.25) is 0 Å². The number of ether oxygens (including phenoxy) is 2. The monoisotopic (exact) mass is 575 g/mol. The molecule has 37 heavy (non-hydrogen) atoms. The molecule has 0 aromatic heterocycles. The lowest BCUT2D eigenvalue weighted by Gasteiger charge is -2.39. The van der Waals surface area contributed by atoms with Crippen molar-refractivity contribution in [2.45, 2.75) is 75.5 Å². The van der Waals surface area contributed by atoms with E-state index in [-0.39, 0.29) is 16.3 Å². The quantitative estimate of drug-likeness (QED) is 0.206. The molecule has 3 aromatic rings. The molecule has 2 nitrogen and oxygen atoms in total. The van der Waals surface area contributed by atoms with Crippen molar-refractivity contribution in [3.8, 4) is 33.8 Å². The molecule has 0 N–H and O–H groups in total. The van der Waals surface area contributed by atoms with Crippen molar-refractivity contribution in [3.63, 3.8) is 0 Å². The first-order valence-electron chi connectivity index (χ1n) is 13.6. The summed E-state index contributed by atoms with van der Waals surface area (Å²) in [4.78, 5) is 0. The first-order chi connectivity index (χ1) is 17.7. The highest BCUT2D eigenvalue weighted by atomic mass is 79.9. The van der Waals surface area contributed by atoms with Crippen LogP contribution in [0.4, 0.5) is 0 Å². The van der Waals surface area contributed by atoms with Crippen molar-refractivity contribution in [3.05, 3.63) is 65.1 Å². The molecule has 0 aliphatic heterocycles. The number of benzene rings is 3. The standard InChI is InChI=1S/C32H38BrO2P.B/c1-34-28-20-12-21-29(35-2)31(28)27-19-11-18-26(32(27)33)25-17-9-10-22-30(25)36(23-13-5-3-6-14-23)24-15-7-4-8-16-24;/h9-12,17-24H,3-8,13-16H2,1-2H3;. The smallest absolute Gasteiger partial charge is 0.130 e. The van der Waals surface area contributed by atoms with Crippen LogP contribution in [0.1, 0.15) is 64.2 Å². The van der Waals surface area contributed by atoms with E-state index in [0.29, 0.717) is 0 Å². The topological polar surface area (TPSA) is 18.5 Å². The van der Waals surface area contributed by atoms with E-state index >= 15 is 0 Å². The lowest BCUT2D eigenvalue weighted by molar-refractivity contribution is 0.397. The van der Waals surface area contributed by atoms with E-state index in [0.717, 1.165) is 38.4 Å². The maximum absolute atomic E-state index is 5.77. The van der Waals surface area contributed by atoms with E-state index < -0.39 is 0 Å². The van der Waals surface area contributed by atoms with Gasteiger partial charge in [-0.05, 0) is 81.5 Å². The predicted octanol–water partition coefficient (Wildman–Crippen LogP) is 9.19. The lowest BCUT2D eigenvalue weighted by atomic mass is 9.97. The highest BCUT2D eigenvalue weighted by molar-refractivity contribution is 9.10. The minimum Gasteiger partial charge on any atom is -0.496 e. The average molecular weight is 576 g/mol. The highest BCUT2D eigenvalue weighted by Crippen LogP contribution is 2.56. The van der Waals surface area contributed by atoms with Gasteiger partial charge in [0, 0.05) is 18.4 Å². The molecular weight excluding hydrogens is 538 g/mol. The summed E-state index contributed by atoms with van der Waals surface area (Å²) in [5.74, 6) is 1.65. The molecule has 5 heteroatoms. The van der Waals surface area contributed by atoms with Crippen LogP contribution >= 0.6 is 23.9 Å². The Bertz CT molecular complexity index is 1130. The van der Waals surface area contributed by atoms with Crippen LogP contribution in [-0.2, 0) is 0 Å². The van der Waals surface area contributed by atoms with E-state index in [1.165, 1.54) is 75.3 Å². The molecule has 2 aliphatic carbocycles. The summed E-state index contributed by atoms with van der Waals surface area (Å²) < 4.78 is 12.6. The zero-order chi connectivity index (χ0) is 24.9. The van der Waals surface area contributed by atoms with Crippen molar-refractivity contribution in [1.82, 2.24) is 0 Å². The second-order valence-corrected chi connectivity index (χ2v) is 13.8. The van der Waals surface area contributed by atoms with Gasteiger partial charge in [0.05, 0.1) is 19.8 Å². The fraction of sp³-hybridized carbons (Fsp3) is 0.438. The summed E-state index contributed by atoms with van der Waals surface area (Å²) in [5.41, 5.74) is 6.52. The van der Waals surface area contributed by atoms with Gasteiger partial charge < -0.3 is 9.47 Å². The van der Waals surface area contributed by atoms with Gasteiger partial charge in [0.15, 0.2) is 0 Å². The van der Waals surface area contributed by atoms with Gasteiger partial charge in [-0.15, -0.1) is 0 Å².